The van der Waals surface area contributed by atoms with E-state index < -0.39 is 0 Å². The largest absolute Gasteiger partial charge is 0.343 e. The summed E-state index contributed by atoms with van der Waals surface area (Å²) in [5.74, 6) is 0.748. The van der Waals surface area contributed by atoms with Crippen molar-refractivity contribution < 1.29 is 4.52 Å². The summed E-state index contributed by atoms with van der Waals surface area (Å²) < 4.78 is 4.67. The summed E-state index contributed by atoms with van der Waals surface area (Å²) >= 11 is 0. The van der Waals surface area contributed by atoms with Crippen LogP contribution < -0.4 is 5.32 Å². The van der Waals surface area contributed by atoms with E-state index in [4.69, 9.17) is 0 Å². The molecule has 0 fully saturated rings. The highest BCUT2D eigenvalue weighted by atomic mass is 16.5. The number of aromatic nitrogens is 2. The Bertz CT molecular complexity index is 466. The predicted molar refractivity (Wildman–Crippen MR) is 65.6 cm³/mol. The molecule has 90 valence electrons. The Hall–Kier alpha value is -1.68. The van der Waals surface area contributed by atoms with Crippen LogP contribution in [0.5, 0.6) is 0 Å². The molecule has 0 unspecified atom stereocenters. The zero-order chi connectivity index (χ0) is 12.1. The molecule has 0 spiro atoms. The Kier molecular flexibility index (Phi) is 3.88. The molecule has 0 aliphatic rings. The standard InChI is InChI=1S/C13H17N3O/c1-10-3-4-12(11(2)7-10)8-14-6-5-13-15-9-17-16-13/h3-4,7,9,14H,5-6,8H2,1-2H3. The molecule has 0 radical (unpaired) electrons. The summed E-state index contributed by atoms with van der Waals surface area (Å²) in [6.07, 6.45) is 2.15. The van der Waals surface area contributed by atoms with Gasteiger partial charge >= 0.3 is 0 Å². The van der Waals surface area contributed by atoms with Crippen LogP contribution in [0.4, 0.5) is 0 Å². The van der Waals surface area contributed by atoms with Gasteiger partial charge in [0, 0.05) is 19.5 Å². The minimum atomic E-state index is 0.748. The maximum absolute atomic E-state index is 4.67. The molecular weight excluding hydrogens is 214 g/mol. The van der Waals surface area contributed by atoms with Crippen molar-refractivity contribution >= 4 is 0 Å². The number of hydrogen-bond acceptors (Lipinski definition) is 4. The number of nitrogens with zero attached hydrogens (tertiary/aromatic N) is 2. The van der Waals surface area contributed by atoms with E-state index in [9.17, 15) is 0 Å². The van der Waals surface area contributed by atoms with Gasteiger partial charge in [0.15, 0.2) is 5.82 Å². The van der Waals surface area contributed by atoms with Crippen molar-refractivity contribution in [1.82, 2.24) is 15.5 Å². The van der Waals surface area contributed by atoms with E-state index in [1.165, 1.54) is 23.1 Å². The van der Waals surface area contributed by atoms with Crippen LogP contribution in [0.25, 0.3) is 0 Å². The highest BCUT2D eigenvalue weighted by Gasteiger charge is 2.00. The fourth-order valence-electron chi connectivity index (χ4n) is 1.77. The van der Waals surface area contributed by atoms with Gasteiger partial charge in [0.25, 0.3) is 0 Å². The third-order valence-corrected chi connectivity index (χ3v) is 2.75. The number of hydrogen-bond donors (Lipinski definition) is 1. The zero-order valence-electron chi connectivity index (χ0n) is 10.2. The Morgan fingerprint density at radius 2 is 2.18 bits per heavy atom. The van der Waals surface area contributed by atoms with Gasteiger partial charge in [-0.25, -0.2) is 0 Å². The smallest absolute Gasteiger partial charge is 0.213 e. The maximum Gasteiger partial charge on any atom is 0.213 e. The van der Waals surface area contributed by atoms with Crippen LogP contribution in [0.15, 0.2) is 29.1 Å². The number of rotatable bonds is 5. The zero-order valence-corrected chi connectivity index (χ0v) is 10.2. The molecule has 1 N–H and O–H groups in total. The van der Waals surface area contributed by atoms with Crippen LogP contribution in [-0.4, -0.2) is 16.7 Å². The highest BCUT2D eigenvalue weighted by molar-refractivity contribution is 5.30. The second-order valence-electron chi connectivity index (χ2n) is 4.20. The Balaban J connectivity index is 1.78. The fraction of sp³-hybridized carbons (Fsp3) is 0.385. The summed E-state index contributed by atoms with van der Waals surface area (Å²) in [6.45, 7) is 5.99. The summed E-state index contributed by atoms with van der Waals surface area (Å²) in [5.41, 5.74) is 3.97. The molecule has 17 heavy (non-hydrogen) atoms. The molecule has 0 aliphatic carbocycles. The predicted octanol–water partition coefficient (Wildman–Crippen LogP) is 2.02. The van der Waals surface area contributed by atoms with Crippen LogP contribution in [0.2, 0.25) is 0 Å². The van der Waals surface area contributed by atoms with Crippen molar-refractivity contribution in [3.63, 3.8) is 0 Å². The minimum absolute atomic E-state index is 0.748. The second-order valence-corrected chi connectivity index (χ2v) is 4.20. The van der Waals surface area contributed by atoms with Gasteiger partial charge in [0.2, 0.25) is 6.39 Å². The summed E-state index contributed by atoms with van der Waals surface area (Å²) in [7, 11) is 0. The Morgan fingerprint density at radius 3 is 2.88 bits per heavy atom. The first-order valence-corrected chi connectivity index (χ1v) is 5.78. The van der Waals surface area contributed by atoms with Crippen molar-refractivity contribution in [3.8, 4) is 0 Å². The third kappa shape index (κ3) is 3.39. The lowest BCUT2D eigenvalue weighted by molar-refractivity contribution is 0.409. The van der Waals surface area contributed by atoms with Gasteiger partial charge in [-0.1, -0.05) is 28.9 Å². The number of nitrogens with one attached hydrogen (secondary N) is 1. The van der Waals surface area contributed by atoms with Crippen LogP contribution in [-0.2, 0) is 13.0 Å². The van der Waals surface area contributed by atoms with Crippen LogP contribution in [0, 0.1) is 13.8 Å². The van der Waals surface area contributed by atoms with Crippen LogP contribution in [0.1, 0.15) is 22.5 Å². The molecule has 1 aromatic heterocycles. The maximum atomic E-state index is 4.67. The van der Waals surface area contributed by atoms with Crippen molar-refractivity contribution in [1.29, 1.82) is 0 Å². The first kappa shape index (κ1) is 11.8. The van der Waals surface area contributed by atoms with Crippen molar-refractivity contribution in [2.75, 3.05) is 6.54 Å². The van der Waals surface area contributed by atoms with Gasteiger partial charge in [-0.15, -0.1) is 0 Å². The van der Waals surface area contributed by atoms with Crippen molar-refractivity contribution in [3.05, 3.63) is 47.1 Å². The lowest BCUT2D eigenvalue weighted by atomic mass is 10.1. The van der Waals surface area contributed by atoms with Crippen LogP contribution >= 0.6 is 0 Å². The van der Waals surface area contributed by atoms with Gasteiger partial charge < -0.3 is 9.84 Å². The minimum Gasteiger partial charge on any atom is -0.343 e. The van der Waals surface area contributed by atoms with Crippen LogP contribution in [0.3, 0.4) is 0 Å². The normalized spacial score (nSPS) is 10.7. The molecule has 0 aliphatic heterocycles. The topological polar surface area (TPSA) is 51.0 Å². The van der Waals surface area contributed by atoms with Crippen molar-refractivity contribution in [2.45, 2.75) is 26.8 Å². The number of aryl methyl sites for hydroxylation is 2. The average molecular weight is 231 g/mol. The quantitative estimate of drug-likeness (QED) is 0.800. The summed E-state index contributed by atoms with van der Waals surface area (Å²) in [4.78, 5) is 3.97. The Morgan fingerprint density at radius 1 is 1.29 bits per heavy atom. The van der Waals surface area contributed by atoms with Gasteiger partial charge in [-0.2, -0.15) is 4.98 Å². The van der Waals surface area contributed by atoms with Gasteiger partial charge in [0.05, 0.1) is 0 Å². The van der Waals surface area contributed by atoms with E-state index in [0.717, 1.165) is 25.3 Å². The van der Waals surface area contributed by atoms with Gasteiger partial charge in [-0.05, 0) is 25.0 Å². The van der Waals surface area contributed by atoms with E-state index in [1.54, 1.807) is 0 Å². The Labute approximate surface area is 101 Å². The highest BCUT2D eigenvalue weighted by Crippen LogP contribution is 2.09. The molecule has 1 aromatic carbocycles. The van der Waals surface area contributed by atoms with Gasteiger partial charge in [-0.3, -0.25) is 0 Å². The SMILES string of the molecule is Cc1ccc(CNCCc2ncon2)c(C)c1. The van der Waals surface area contributed by atoms with E-state index >= 15 is 0 Å². The van der Waals surface area contributed by atoms with Crippen molar-refractivity contribution in [2.24, 2.45) is 0 Å². The molecule has 0 amide bonds. The second kappa shape index (κ2) is 5.59. The lowest BCUT2D eigenvalue weighted by Gasteiger charge is -2.07. The van der Waals surface area contributed by atoms with Gasteiger partial charge in [0.1, 0.15) is 0 Å². The van der Waals surface area contributed by atoms with E-state index in [0.29, 0.717) is 0 Å². The molecule has 1 heterocycles. The van der Waals surface area contributed by atoms with E-state index in [1.807, 2.05) is 0 Å². The molecule has 0 saturated carbocycles. The lowest BCUT2D eigenvalue weighted by Crippen LogP contribution is -2.17. The molecular formula is C13H17N3O. The first-order valence-electron chi connectivity index (χ1n) is 5.78. The summed E-state index contributed by atoms with van der Waals surface area (Å²) in [5, 5.41) is 7.14. The monoisotopic (exact) mass is 231 g/mol. The molecule has 0 saturated heterocycles. The molecule has 0 atom stereocenters. The first-order chi connectivity index (χ1) is 8.25. The molecule has 4 nitrogen and oxygen atoms in total. The molecule has 2 aromatic rings. The van der Waals surface area contributed by atoms with E-state index in [-0.39, 0.29) is 0 Å². The molecule has 2 rings (SSSR count). The third-order valence-electron chi connectivity index (χ3n) is 2.75. The van der Waals surface area contributed by atoms with E-state index in [2.05, 4.69) is 52.0 Å². The number of benzene rings is 1. The molecule has 0 bridgehead atoms. The fourth-order valence-corrected chi connectivity index (χ4v) is 1.77. The average Bonchev–Trinajstić information content (AvgIpc) is 2.79. The summed E-state index contributed by atoms with van der Waals surface area (Å²) in [6, 6.07) is 6.52. The molecule has 4 heteroatoms.